The quantitative estimate of drug-likeness (QED) is 0.539. The number of rotatable bonds is 7. The lowest BCUT2D eigenvalue weighted by atomic mass is 9.97. The maximum atomic E-state index is 13.0. The Hall–Kier alpha value is -3.65. The maximum Gasteiger partial charge on any atom is 0.264 e. The molecule has 1 amide bonds. The van der Waals surface area contributed by atoms with Gasteiger partial charge in [-0.2, -0.15) is 0 Å². The van der Waals surface area contributed by atoms with Crippen molar-refractivity contribution >= 4 is 33.1 Å². The van der Waals surface area contributed by atoms with Crippen LogP contribution in [0.1, 0.15) is 40.7 Å². The van der Waals surface area contributed by atoms with Gasteiger partial charge in [-0.1, -0.05) is 37.3 Å². The Bertz CT molecular complexity index is 1350. The molecule has 1 N–H and O–H groups in total. The number of carbonyl (C=O) groups is 2. The minimum atomic E-state index is -3.81. The van der Waals surface area contributed by atoms with Gasteiger partial charge in [-0.05, 0) is 60.4 Å². The fourth-order valence-corrected chi connectivity index (χ4v) is 5.48. The fraction of sp³-hybridized carbons (Fsp3) is 0.231. The van der Waals surface area contributed by atoms with Gasteiger partial charge in [0.2, 0.25) is 0 Å². The average Bonchev–Trinajstić information content (AvgIpc) is 3.13. The van der Waals surface area contributed by atoms with Gasteiger partial charge < -0.3 is 10.1 Å². The number of anilines is 2. The van der Waals surface area contributed by atoms with Crippen LogP contribution < -0.4 is 14.4 Å². The van der Waals surface area contributed by atoms with Crippen molar-refractivity contribution in [3.8, 4) is 5.75 Å². The molecule has 0 radical (unpaired) electrons. The van der Waals surface area contributed by atoms with Crippen LogP contribution in [-0.2, 0) is 14.8 Å². The predicted octanol–water partition coefficient (Wildman–Crippen LogP) is 4.53. The number of para-hydroxylation sites is 1. The molecule has 3 aromatic carbocycles. The van der Waals surface area contributed by atoms with Gasteiger partial charge in [0.05, 0.1) is 16.1 Å². The Balaban J connectivity index is 1.46. The fourth-order valence-electron chi connectivity index (χ4n) is 4.24. The third-order valence-corrected chi connectivity index (χ3v) is 7.72. The van der Waals surface area contributed by atoms with Gasteiger partial charge in [-0.25, -0.2) is 8.42 Å². The second-order valence-electron chi connectivity index (χ2n) is 8.37. The van der Waals surface area contributed by atoms with E-state index in [0.717, 1.165) is 11.1 Å². The molecule has 0 spiro atoms. The number of amides is 1. The molecule has 0 saturated heterocycles. The van der Waals surface area contributed by atoms with Crippen LogP contribution >= 0.6 is 0 Å². The van der Waals surface area contributed by atoms with E-state index in [4.69, 9.17) is 4.74 Å². The molecule has 34 heavy (non-hydrogen) atoms. The van der Waals surface area contributed by atoms with Crippen LogP contribution in [0.3, 0.4) is 0 Å². The van der Waals surface area contributed by atoms with E-state index < -0.39 is 15.9 Å². The molecule has 7 nitrogen and oxygen atoms in total. The van der Waals surface area contributed by atoms with Crippen LogP contribution in [0.4, 0.5) is 11.4 Å². The van der Waals surface area contributed by atoms with Crippen molar-refractivity contribution in [3.63, 3.8) is 0 Å². The molecule has 0 aliphatic heterocycles. The first-order valence-corrected chi connectivity index (χ1v) is 12.4. The van der Waals surface area contributed by atoms with E-state index in [0.29, 0.717) is 29.1 Å². The highest BCUT2D eigenvalue weighted by Gasteiger charge is 2.31. The second kappa shape index (κ2) is 9.30. The Morgan fingerprint density at radius 1 is 1.09 bits per heavy atom. The SMILES string of the molecule is Cc1ccc(OCC(=O)Nc2cccc(S(=O)(=O)N(C)c3ccccc3)c2)c2c1[C@H](C)CC2=O. The predicted molar refractivity (Wildman–Crippen MR) is 131 cm³/mol. The van der Waals surface area contributed by atoms with Crippen molar-refractivity contribution in [3.05, 3.63) is 83.4 Å². The largest absolute Gasteiger partial charge is 0.483 e. The number of nitrogens with zero attached hydrogens (tertiary/aromatic N) is 1. The number of Topliss-reactive ketones (excluding diaryl/α,β-unsaturated/α-hetero) is 1. The highest BCUT2D eigenvalue weighted by Crippen LogP contribution is 2.40. The highest BCUT2D eigenvalue weighted by atomic mass is 32.2. The first-order chi connectivity index (χ1) is 16.2. The summed E-state index contributed by atoms with van der Waals surface area (Å²) in [6, 6.07) is 18.4. The van der Waals surface area contributed by atoms with E-state index in [1.54, 1.807) is 42.5 Å². The number of benzene rings is 3. The van der Waals surface area contributed by atoms with Crippen molar-refractivity contribution in [2.75, 3.05) is 23.3 Å². The number of ether oxygens (including phenoxy) is 1. The molecule has 0 saturated carbocycles. The highest BCUT2D eigenvalue weighted by molar-refractivity contribution is 7.92. The molecule has 0 aromatic heterocycles. The smallest absolute Gasteiger partial charge is 0.264 e. The normalized spacial score (nSPS) is 15.0. The van der Waals surface area contributed by atoms with Crippen LogP contribution in [0.25, 0.3) is 0 Å². The molecule has 0 fully saturated rings. The Labute approximate surface area is 199 Å². The zero-order valence-electron chi connectivity index (χ0n) is 19.2. The van der Waals surface area contributed by atoms with Crippen LogP contribution in [0.2, 0.25) is 0 Å². The van der Waals surface area contributed by atoms with Gasteiger partial charge in [0.15, 0.2) is 12.4 Å². The van der Waals surface area contributed by atoms with Crippen molar-refractivity contribution in [1.82, 2.24) is 0 Å². The first kappa shape index (κ1) is 23.5. The summed E-state index contributed by atoms with van der Waals surface area (Å²) in [5.41, 5.74) is 3.42. The van der Waals surface area contributed by atoms with Gasteiger partial charge in [-0.3, -0.25) is 13.9 Å². The Kier molecular flexibility index (Phi) is 6.43. The molecule has 3 aromatic rings. The van der Waals surface area contributed by atoms with Gasteiger partial charge >= 0.3 is 0 Å². The van der Waals surface area contributed by atoms with E-state index in [2.05, 4.69) is 5.32 Å². The van der Waals surface area contributed by atoms with E-state index in [9.17, 15) is 18.0 Å². The van der Waals surface area contributed by atoms with Crippen molar-refractivity contribution in [2.45, 2.75) is 31.1 Å². The number of hydrogen-bond acceptors (Lipinski definition) is 5. The molecule has 0 unspecified atom stereocenters. The number of ketones is 1. The number of carbonyl (C=O) groups excluding carboxylic acids is 2. The summed E-state index contributed by atoms with van der Waals surface area (Å²) < 4.78 is 32.9. The molecule has 4 rings (SSSR count). The first-order valence-electron chi connectivity index (χ1n) is 10.9. The molecular formula is C26H26N2O5S. The minimum Gasteiger partial charge on any atom is -0.483 e. The van der Waals surface area contributed by atoms with Gasteiger partial charge in [-0.15, -0.1) is 0 Å². The Morgan fingerprint density at radius 2 is 1.82 bits per heavy atom. The van der Waals surface area contributed by atoms with Gasteiger partial charge in [0.1, 0.15) is 5.75 Å². The van der Waals surface area contributed by atoms with E-state index in [-0.39, 0.29) is 23.2 Å². The lowest BCUT2D eigenvalue weighted by Crippen LogP contribution is -2.26. The maximum absolute atomic E-state index is 13.0. The molecule has 1 aliphatic carbocycles. The van der Waals surface area contributed by atoms with E-state index in [1.807, 2.05) is 26.0 Å². The molecule has 1 aliphatic rings. The molecule has 0 bridgehead atoms. The third-order valence-electron chi connectivity index (χ3n) is 5.94. The van der Waals surface area contributed by atoms with Crippen LogP contribution in [-0.4, -0.2) is 33.8 Å². The van der Waals surface area contributed by atoms with Crippen molar-refractivity contribution in [1.29, 1.82) is 0 Å². The summed E-state index contributed by atoms with van der Waals surface area (Å²) >= 11 is 0. The molecule has 0 heterocycles. The van der Waals surface area contributed by atoms with Crippen molar-refractivity contribution in [2.24, 2.45) is 0 Å². The second-order valence-corrected chi connectivity index (χ2v) is 10.3. The molecule has 176 valence electrons. The van der Waals surface area contributed by atoms with E-state index >= 15 is 0 Å². The van der Waals surface area contributed by atoms with Gasteiger partial charge in [0.25, 0.3) is 15.9 Å². The Morgan fingerprint density at radius 3 is 2.56 bits per heavy atom. The third kappa shape index (κ3) is 4.54. The summed E-state index contributed by atoms with van der Waals surface area (Å²) in [4.78, 5) is 25.0. The number of sulfonamides is 1. The lowest BCUT2D eigenvalue weighted by Gasteiger charge is -2.20. The summed E-state index contributed by atoms with van der Waals surface area (Å²) in [5.74, 6) is 0.0744. The monoisotopic (exact) mass is 478 g/mol. The number of fused-ring (bicyclic) bond motifs is 1. The standard InChI is InChI=1S/C26H26N2O5S/c1-17-12-13-23(26-22(29)14-18(2)25(17)26)33-16-24(30)27-19-8-7-11-21(15-19)34(31,32)28(3)20-9-5-4-6-10-20/h4-13,15,18H,14,16H2,1-3H3,(H,27,30)/t18-/m1/s1. The van der Waals surface area contributed by atoms with E-state index in [1.165, 1.54) is 23.5 Å². The topological polar surface area (TPSA) is 92.8 Å². The molecule has 1 atom stereocenters. The minimum absolute atomic E-state index is 0.0158. The summed E-state index contributed by atoms with van der Waals surface area (Å²) in [6.45, 7) is 3.65. The molecule has 8 heteroatoms. The number of nitrogens with one attached hydrogen (secondary N) is 1. The average molecular weight is 479 g/mol. The van der Waals surface area contributed by atoms with Crippen LogP contribution in [0, 0.1) is 6.92 Å². The summed E-state index contributed by atoms with van der Waals surface area (Å²) in [6.07, 6.45) is 0.432. The lowest BCUT2D eigenvalue weighted by molar-refractivity contribution is -0.118. The van der Waals surface area contributed by atoms with Crippen LogP contribution in [0.5, 0.6) is 5.75 Å². The number of hydrogen-bond donors (Lipinski definition) is 1. The summed E-state index contributed by atoms with van der Waals surface area (Å²) in [7, 11) is -2.34. The molecular weight excluding hydrogens is 452 g/mol. The van der Waals surface area contributed by atoms with Crippen molar-refractivity contribution < 1.29 is 22.7 Å². The van der Waals surface area contributed by atoms with Crippen LogP contribution in [0.15, 0.2) is 71.6 Å². The van der Waals surface area contributed by atoms with Gasteiger partial charge in [0, 0.05) is 19.2 Å². The zero-order chi connectivity index (χ0) is 24.5. The number of aryl methyl sites for hydroxylation is 1. The zero-order valence-corrected chi connectivity index (χ0v) is 20.1. The summed E-state index contributed by atoms with van der Waals surface area (Å²) in [5, 5.41) is 2.67.